The number of nitrogens with one attached hydrogen (secondary N) is 1. The normalized spacial score (nSPS) is 17.4. The average molecular weight is 258 g/mol. The van der Waals surface area contributed by atoms with Gasteiger partial charge in [-0.05, 0) is 25.3 Å². The van der Waals surface area contributed by atoms with Crippen LogP contribution in [0.5, 0.6) is 0 Å². The first-order valence-electron chi connectivity index (χ1n) is 6.45. The molecule has 3 heteroatoms. The molecule has 1 aromatic heterocycles. The van der Waals surface area contributed by atoms with E-state index in [-0.39, 0.29) is 0 Å². The van der Waals surface area contributed by atoms with Crippen LogP contribution in [0.1, 0.15) is 22.6 Å². The third-order valence-corrected chi connectivity index (χ3v) is 4.98. The number of aryl methyl sites for hydroxylation is 2. The molecule has 2 nitrogen and oxygen atoms in total. The van der Waals surface area contributed by atoms with Gasteiger partial charge in [0.05, 0.1) is 11.2 Å². The molecule has 0 radical (unpaired) electrons. The number of benzene rings is 1. The van der Waals surface area contributed by atoms with Crippen molar-refractivity contribution in [2.75, 3.05) is 13.1 Å². The molecule has 94 valence electrons. The minimum atomic E-state index is 0.345. The Morgan fingerprint density at radius 3 is 2.61 bits per heavy atom. The molecule has 1 aliphatic rings. The summed E-state index contributed by atoms with van der Waals surface area (Å²) in [7, 11) is 0. The smallest absolute Gasteiger partial charge is 0.0797 e. The molecule has 1 aliphatic heterocycles. The molecule has 2 aromatic rings. The number of aromatic nitrogens is 1. The highest BCUT2D eigenvalue weighted by Crippen LogP contribution is 2.34. The topological polar surface area (TPSA) is 24.9 Å². The first kappa shape index (κ1) is 11.9. The van der Waals surface area contributed by atoms with Crippen molar-refractivity contribution in [3.8, 4) is 0 Å². The lowest BCUT2D eigenvalue weighted by Gasteiger charge is -2.43. The molecule has 3 rings (SSSR count). The molecule has 0 unspecified atom stereocenters. The second kappa shape index (κ2) is 4.82. The van der Waals surface area contributed by atoms with Gasteiger partial charge in [-0.2, -0.15) is 0 Å². The van der Waals surface area contributed by atoms with E-state index >= 15 is 0 Å². The van der Waals surface area contributed by atoms with Gasteiger partial charge in [-0.25, -0.2) is 4.98 Å². The van der Waals surface area contributed by atoms with Crippen molar-refractivity contribution in [2.45, 2.75) is 25.2 Å². The standard InChI is InChI=1S/C15H18N2S/c1-12-14(18-11-17-12)7-8-15(9-16-10-15)13-5-3-2-4-6-13/h2-6,11,16H,7-10H2,1H3. The van der Waals surface area contributed by atoms with Crippen LogP contribution in [-0.4, -0.2) is 18.1 Å². The summed E-state index contributed by atoms with van der Waals surface area (Å²) in [4.78, 5) is 5.78. The summed E-state index contributed by atoms with van der Waals surface area (Å²) in [5, 5.41) is 3.43. The monoisotopic (exact) mass is 258 g/mol. The summed E-state index contributed by atoms with van der Waals surface area (Å²) < 4.78 is 0. The minimum absolute atomic E-state index is 0.345. The highest BCUT2D eigenvalue weighted by atomic mass is 32.1. The molecule has 0 saturated carbocycles. The maximum absolute atomic E-state index is 4.34. The second-order valence-electron chi connectivity index (χ2n) is 5.11. The van der Waals surface area contributed by atoms with E-state index in [4.69, 9.17) is 0 Å². The van der Waals surface area contributed by atoms with Gasteiger partial charge in [-0.15, -0.1) is 11.3 Å². The number of rotatable bonds is 4. The Hall–Kier alpha value is -1.19. The molecular weight excluding hydrogens is 240 g/mol. The van der Waals surface area contributed by atoms with Crippen molar-refractivity contribution >= 4 is 11.3 Å². The zero-order valence-corrected chi connectivity index (χ0v) is 11.5. The third-order valence-electron chi connectivity index (χ3n) is 3.99. The Balaban J connectivity index is 1.75. The van der Waals surface area contributed by atoms with Crippen LogP contribution in [0.15, 0.2) is 35.8 Å². The zero-order chi connectivity index (χ0) is 12.4. The van der Waals surface area contributed by atoms with E-state index in [0.29, 0.717) is 5.41 Å². The van der Waals surface area contributed by atoms with Crippen LogP contribution in [0.3, 0.4) is 0 Å². The maximum Gasteiger partial charge on any atom is 0.0797 e. The average Bonchev–Trinajstić information content (AvgIpc) is 2.75. The lowest BCUT2D eigenvalue weighted by atomic mass is 9.72. The van der Waals surface area contributed by atoms with Crippen molar-refractivity contribution < 1.29 is 0 Å². The third kappa shape index (κ3) is 2.08. The van der Waals surface area contributed by atoms with Crippen molar-refractivity contribution in [3.63, 3.8) is 0 Å². The summed E-state index contributed by atoms with van der Waals surface area (Å²) in [5.74, 6) is 0. The van der Waals surface area contributed by atoms with E-state index in [1.807, 2.05) is 5.51 Å². The predicted molar refractivity (Wildman–Crippen MR) is 76.2 cm³/mol. The fourth-order valence-corrected chi connectivity index (χ4v) is 3.44. The largest absolute Gasteiger partial charge is 0.315 e. The molecule has 0 atom stereocenters. The number of hydrogen-bond donors (Lipinski definition) is 1. The Morgan fingerprint density at radius 2 is 2.06 bits per heavy atom. The predicted octanol–water partition coefficient (Wildman–Crippen LogP) is 2.93. The Morgan fingerprint density at radius 1 is 1.28 bits per heavy atom. The fourth-order valence-electron chi connectivity index (χ4n) is 2.66. The van der Waals surface area contributed by atoms with Crippen LogP contribution >= 0.6 is 11.3 Å². The summed E-state index contributed by atoms with van der Waals surface area (Å²) in [6.45, 7) is 4.32. The summed E-state index contributed by atoms with van der Waals surface area (Å²) in [6, 6.07) is 10.9. The van der Waals surface area contributed by atoms with Crippen molar-refractivity contribution in [2.24, 2.45) is 0 Å². The second-order valence-corrected chi connectivity index (χ2v) is 6.05. The Kier molecular flexibility index (Phi) is 3.18. The van der Waals surface area contributed by atoms with Crippen molar-refractivity contribution in [1.29, 1.82) is 0 Å². The molecule has 1 aromatic carbocycles. The van der Waals surface area contributed by atoms with E-state index < -0.39 is 0 Å². The summed E-state index contributed by atoms with van der Waals surface area (Å²) in [6.07, 6.45) is 2.36. The lowest BCUT2D eigenvalue weighted by molar-refractivity contribution is 0.258. The number of thiazole rings is 1. The molecule has 0 spiro atoms. The van der Waals surface area contributed by atoms with Gasteiger partial charge in [-0.1, -0.05) is 30.3 Å². The van der Waals surface area contributed by atoms with E-state index in [0.717, 1.165) is 19.5 Å². The van der Waals surface area contributed by atoms with Gasteiger partial charge < -0.3 is 5.32 Å². The van der Waals surface area contributed by atoms with Crippen molar-refractivity contribution in [3.05, 3.63) is 52.0 Å². The van der Waals surface area contributed by atoms with E-state index in [9.17, 15) is 0 Å². The lowest BCUT2D eigenvalue weighted by Crippen LogP contribution is -2.57. The first-order valence-corrected chi connectivity index (χ1v) is 7.33. The number of nitrogens with zero attached hydrogens (tertiary/aromatic N) is 1. The van der Waals surface area contributed by atoms with E-state index in [1.54, 1.807) is 11.3 Å². The molecule has 18 heavy (non-hydrogen) atoms. The molecule has 0 aliphatic carbocycles. The van der Waals surface area contributed by atoms with Crippen LogP contribution in [-0.2, 0) is 11.8 Å². The molecular formula is C15H18N2S. The van der Waals surface area contributed by atoms with E-state index in [1.165, 1.54) is 22.6 Å². The molecule has 1 saturated heterocycles. The number of hydrogen-bond acceptors (Lipinski definition) is 3. The van der Waals surface area contributed by atoms with Crippen LogP contribution < -0.4 is 5.32 Å². The summed E-state index contributed by atoms with van der Waals surface area (Å²) >= 11 is 1.79. The van der Waals surface area contributed by atoms with Gasteiger partial charge >= 0.3 is 0 Å². The Labute approximate surface area is 112 Å². The van der Waals surface area contributed by atoms with E-state index in [2.05, 4.69) is 47.6 Å². The highest BCUT2D eigenvalue weighted by Gasteiger charge is 2.38. The van der Waals surface area contributed by atoms with Gasteiger partial charge in [-0.3, -0.25) is 0 Å². The maximum atomic E-state index is 4.34. The minimum Gasteiger partial charge on any atom is -0.315 e. The SMILES string of the molecule is Cc1ncsc1CCC1(c2ccccc2)CNC1. The zero-order valence-electron chi connectivity index (χ0n) is 10.6. The summed E-state index contributed by atoms with van der Waals surface area (Å²) in [5.41, 5.74) is 4.98. The van der Waals surface area contributed by atoms with Gasteiger partial charge in [0.1, 0.15) is 0 Å². The molecule has 0 amide bonds. The van der Waals surface area contributed by atoms with Crippen LogP contribution in [0.25, 0.3) is 0 Å². The van der Waals surface area contributed by atoms with Gasteiger partial charge in [0.25, 0.3) is 0 Å². The van der Waals surface area contributed by atoms with Crippen LogP contribution in [0.2, 0.25) is 0 Å². The van der Waals surface area contributed by atoms with Crippen LogP contribution in [0, 0.1) is 6.92 Å². The molecule has 0 bridgehead atoms. The van der Waals surface area contributed by atoms with Crippen LogP contribution in [0.4, 0.5) is 0 Å². The molecule has 1 fully saturated rings. The first-order chi connectivity index (χ1) is 8.80. The fraction of sp³-hybridized carbons (Fsp3) is 0.400. The quantitative estimate of drug-likeness (QED) is 0.912. The van der Waals surface area contributed by atoms with Crippen molar-refractivity contribution in [1.82, 2.24) is 10.3 Å². The molecule has 1 N–H and O–H groups in total. The van der Waals surface area contributed by atoms with Gasteiger partial charge in [0.15, 0.2) is 0 Å². The highest BCUT2D eigenvalue weighted by molar-refractivity contribution is 7.09. The van der Waals surface area contributed by atoms with Gasteiger partial charge in [0.2, 0.25) is 0 Å². The molecule has 2 heterocycles. The van der Waals surface area contributed by atoms with Gasteiger partial charge in [0, 0.05) is 23.4 Å². The Bertz CT molecular complexity index is 514.